The average molecular weight is 2190 g/mol. The zero-order chi connectivity index (χ0) is 110. The van der Waals surface area contributed by atoms with Crippen molar-refractivity contribution >= 4 is 35.4 Å². The Labute approximate surface area is 849 Å². The number of rotatable bonds is 39. The molecule has 6 amide bonds. The molecule has 0 aromatic carbocycles. The third-order valence-electron chi connectivity index (χ3n) is 27.4. The van der Waals surface area contributed by atoms with E-state index in [2.05, 4.69) is 31.9 Å². The van der Waals surface area contributed by atoms with Crippen LogP contribution in [0.1, 0.15) is 48.5 Å². The number of aliphatic hydroxyl groups is 31. The second-order valence-electron chi connectivity index (χ2n) is 38.1. The van der Waals surface area contributed by atoms with Gasteiger partial charge in [0.15, 0.2) is 75.5 Å². The average Bonchev–Trinajstić information content (AvgIpc) is 0.765. The van der Waals surface area contributed by atoms with Crippen LogP contribution in [0, 0.1) is 0 Å². The van der Waals surface area contributed by atoms with Crippen LogP contribution < -0.4 is 31.9 Å². The first-order valence-electron chi connectivity index (χ1n) is 48.0. The molecule has 0 aliphatic carbocycles. The number of aliphatic hydroxyl groups excluding tert-OH is 31. The van der Waals surface area contributed by atoms with Crippen LogP contribution in [-0.4, -0.2) is 635 Å². The molecule has 12 fully saturated rings. The first-order chi connectivity index (χ1) is 70.9. The molecule has 150 heavy (non-hydrogen) atoms. The summed E-state index contributed by atoms with van der Waals surface area (Å²) in [5.41, 5.74) is 0. The number of amides is 6. The van der Waals surface area contributed by atoms with Gasteiger partial charge in [0.2, 0.25) is 35.4 Å². The molecule has 0 spiro atoms. The lowest BCUT2D eigenvalue weighted by molar-refractivity contribution is -0.399. The van der Waals surface area contributed by atoms with Crippen LogP contribution in [-0.2, 0) is 138 Å². The first kappa shape index (κ1) is 123. The molecule has 12 saturated heterocycles. The Morgan fingerprint density at radius 2 is 0.420 bits per heavy atom. The Hall–Kier alpha value is -5.34. The van der Waals surface area contributed by atoms with Crippen LogP contribution >= 0.6 is 0 Å². The molecule has 12 heterocycles. The van der Waals surface area contributed by atoms with E-state index in [-0.39, 0.29) is 0 Å². The lowest BCUT2D eigenvalue weighted by Crippen LogP contribution is -2.71. The van der Waals surface area contributed by atoms with Crippen molar-refractivity contribution in [3.8, 4) is 0 Å². The molecule has 12 rings (SSSR count). The van der Waals surface area contributed by atoms with E-state index in [4.69, 9.17) is 109 Å². The largest absolute Gasteiger partial charge is 0.394 e. The van der Waals surface area contributed by atoms with E-state index < -0.39 is 476 Å². The van der Waals surface area contributed by atoms with Crippen molar-refractivity contribution in [1.29, 1.82) is 0 Å². The predicted molar refractivity (Wildman–Crippen MR) is 463 cm³/mol. The van der Waals surface area contributed by atoms with Gasteiger partial charge in [0.1, 0.15) is 287 Å². The fraction of sp³-hybridized carbons (Fsp3) is 0.929. The Bertz CT molecular complexity index is 4250. The minimum absolute atomic E-state index is 0.868. The number of nitrogens with one attached hydrogen (secondary N) is 6. The SMILES string of the molecule is CC(=O)N[C@H]1[C@H](O[C@H]2[C@H](O)[C@@H](NC(C)=O)C(O)O[C@@H]2CO[C@@H]2O[C@@H](C)[C@@H](O)[C@@H](O)[C@@H]2O)O[C@H](CO)[C@@H](O[C@@H]2O[C@H](CO[C@H]3O[C@H](CO[C@@H]4O[C@H](CO)[C@@H](O[C@@H]5O[C@H](CO)[C@H](O)[C@H](O)[C@H]5O)[C@@H](O)[C@H]4NC(C)=O)[C@@H](O)[C@H](O)[C@@H]3O[C@@H]3O[C@H](CO)[C@@H](O[C@@H]4O[C@H](CO)[C@H](O)[C@H](O)[C@H]4NC(C)=O)[C@H](O)[C@H]3NC(C)=O)[C@@H](O)[C@H](O[C@H]3O[C@H](CO)[C@@H](O)[C@H](O)[C@@H]3O[C@@H]3O[C@H](CO)[C@@H](O[C@@H]4O[C@H](CO)[C@H](O)[C@H](O)[C@H]4O)[C@H](O)[C@H]3NC(C)=O)[C@@H]2O)[C@@H]1O. The molecule has 1 unspecified atom stereocenters. The number of hydrogen-bond donors (Lipinski definition) is 37. The maximum Gasteiger partial charge on any atom is 0.217 e. The molecule has 0 bridgehead atoms. The smallest absolute Gasteiger partial charge is 0.217 e. The fourth-order valence-corrected chi connectivity index (χ4v) is 19.5. The molecule has 0 saturated carbocycles. The number of carbonyl (C=O) groups excluding carboxylic acids is 6. The van der Waals surface area contributed by atoms with Gasteiger partial charge < -0.3 is 299 Å². The summed E-state index contributed by atoms with van der Waals surface area (Å²) in [6, 6.07) is -11.8. The third-order valence-corrected chi connectivity index (χ3v) is 27.4. The third kappa shape index (κ3) is 27.7. The van der Waals surface area contributed by atoms with Crippen molar-refractivity contribution in [3.63, 3.8) is 0 Å². The van der Waals surface area contributed by atoms with Gasteiger partial charge in [0, 0.05) is 41.5 Å². The molecule has 60 atom stereocenters. The van der Waals surface area contributed by atoms with Crippen LogP contribution in [0.5, 0.6) is 0 Å². The summed E-state index contributed by atoms with van der Waals surface area (Å²) in [4.78, 5) is 78.4. The van der Waals surface area contributed by atoms with E-state index in [1.165, 1.54) is 6.92 Å². The molecular formula is C84H140N6O60. The highest BCUT2D eigenvalue weighted by atomic mass is 16.8. The molecule has 12 aliphatic rings. The molecule has 66 heteroatoms. The fourth-order valence-electron chi connectivity index (χ4n) is 19.5. The normalized spacial score (nSPS) is 48.8. The van der Waals surface area contributed by atoms with E-state index in [0.29, 0.717) is 0 Å². The van der Waals surface area contributed by atoms with Crippen molar-refractivity contribution < 1.29 is 296 Å². The maximum absolute atomic E-state index is 13.5. The molecule has 37 N–H and O–H groups in total. The van der Waals surface area contributed by atoms with Crippen LogP contribution in [0.25, 0.3) is 0 Å². The van der Waals surface area contributed by atoms with Crippen molar-refractivity contribution in [1.82, 2.24) is 31.9 Å². The van der Waals surface area contributed by atoms with Crippen LogP contribution in [0.15, 0.2) is 0 Å². The van der Waals surface area contributed by atoms with Gasteiger partial charge in [-0.05, 0) is 6.92 Å². The highest BCUT2D eigenvalue weighted by molar-refractivity contribution is 5.75. The van der Waals surface area contributed by atoms with Gasteiger partial charge in [-0.15, -0.1) is 0 Å². The maximum atomic E-state index is 13.5. The monoisotopic (exact) mass is 2190 g/mol. The number of hydrogen-bond acceptors (Lipinski definition) is 60. The minimum atomic E-state index is -2.76. The molecule has 12 aliphatic heterocycles. The molecule has 866 valence electrons. The Morgan fingerprint density at radius 3 is 0.807 bits per heavy atom. The predicted octanol–water partition coefficient (Wildman–Crippen LogP) is -25.3. The van der Waals surface area contributed by atoms with Crippen LogP contribution in [0.4, 0.5) is 0 Å². The quantitative estimate of drug-likeness (QED) is 0.0272. The molecular weight excluding hydrogens is 2050 g/mol. The van der Waals surface area contributed by atoms with E-state index in [1.807, 2.05) is 0 Å². The summed E-state index contributed by atoms with van der Waals surface area (Å²) in [6.45, 7) is -5.94. The van der Waals surface area contributed by atoms with Crippen molar-refractivity contribution in [2.45, 2.75) is 417 Å². The summed E-state index contributed by atoms with van der Waals surface area (Å²) >= 11 is 0. The molecule has 0 aromatic rings. The molecule has 0 aromatic heterocycles. The highest BCUT2D eigenvalue weighted by Crippen LogP contribution is 2.43. The summed E-state index contributed by atoms with van der Waals surface area (Å²) in [5.74, 6) is -5.83. The van der Waals surface area contributed by atoms with Crippen molar-refractivity contribution in [3.05, 3.63) is 0 Å². The Balaban J connectivity index is 0.920. The van der Waals surface area contributed by atoms with Crippen molar-refractivity contribution in [2.24, 2.45) is 0 Å². The van der Waals surface area contributed by atoms with E-state index in [1.54, 1.807) is 0 Å². The number of ether oxygens (including phenoxy) is 23. The van der Waals surface area contributed by atoms with Gasteiger partial charge in [0.05, 0.1) is 78.8 Å². The first-order valence-corrected chi connectivity index (χ1v) is 48.0. The zero-order valence-electron chi connectivity index (χ0n) is 81.1. The topological polar surface area (TPSA) is 1010 Å². The van der Waals surface area contributed by atoms with Gasteiger partial charge in [-0.1, -0.05) is 0 Å². The van der Waals surface area contributed by atoms with Gasteiger partial charge in [0.25, 0.3) is 0 Å². The molecule has 66 nitrogen and oxygen atoms in total. The Morgan fingerprint density at radius 1 is 0.187 bits per heavy atom. The van der Waals surface area contributed by atoms with Gasteiger partial charge in [-0.2, -0.15) is 0 Å². The second kappa shape index (κ2) is 54.0. The van der Waals surface area contributed by atoms with E-state index in [9.17, 15) is 187 Å². The van der Waals surface area contributed by atoms with Gasteiger partial charge in [-0.3, -0.25) is 28.8 Å². The Kier molecular flexibility index (Phi) is 44.4. The zero-order valence-corrected chi connectivity index (χ0v) is 81.1. The van der Waals surface area contributed by atoms with E-state index in [0.717, 1.165) is 41.5 Å². The van der Waals surface area contributed by atoms with Crippen LogP contribution in [0.3, 0.4) is 0 Å². The standard InChI is InChI=1S/C84H140N6O60/c1-19-43(105)56(118)61(123)79(131-19)129-18-36-69(51(113)37(73(127)132-36)85-20(2)99)144-76-40(88-23(5)102)54(116)68(33(15-98)138-76)147-82-64(126)70(148-84-72(59(121)47(109)29(11-94)136-84)150-78-42(90-25(7)104)55(117)67(32(14-97)140-78)146-81-63(125)58(120)46(108)28(10-93)135-81)49(111)35(141-82)17-130-83-71(149-77-41(89-24(6)103)53(115)65(31(13-96)139-77)143-75-38(86-21(3)100)50(112)44(106)26(8-91)133-75)60(122)48(110)34(142-83)16-128-74-39(87-22(4)101)52(114)66(30(12-95)137-74)145-80-62(124)57(119)45(107)27(9-92)134-80/h19,26-84,91-98,105-127H,8-18H2,1-7H3,(H,85,99)(H,86,100)(H,87,101)(H,88,102)(H,89,103)(H,90,104)/t19-,26+,27+,28+,29+,30+,31+,32+,33+,34+,35+,36+,37+,38+,39+,40+,41+,42+,43+,44-,45-,46-,47+,48+,49+,50+,51+,52-,53+,54+,55+,56+,57-,58-,59-,60-,61-,62+,63+,64-,65+,66+,67+,68+,69+,70-,71-,72-,73?,74+,75-,76-,77-,78-,79+,80-,81-,82-,83-,84+/m0/s1. The number of carbonyl (C=O) groups is 6. The minimum Gasteiger partial charge on any atom is -0.394 e. The van der Waals surface area contributed by atoms with Crippen LogP contribution in [0.2, 0.25) is 0 Å². The van der Waals surface area contributed by atoms with E-state index >= 15 is 0 Å². The lowest BCUT2D eigenvalue weighted by Gasteiger charge is -2.51. The summed E-state index contributed by atoms with van der Waals surface area (Å²) < 4.78 is 139. The van der Waals surface area contributed by atoms with Gasteiger partial charge >= 0.3 is 0 Å². The summed E-state index contributed by atoms with van der Waals surface area (Å²) in [6.07, 6.45) is -116. The summed E-state index contributed by atoms with van der Waals surface area (Å²) in [5, 5.41) is 366. The molecule has 0 radical (unpaired) electrons. The van der Waals surface area contributed by atoms with Crippen molar-refractivity contribution in [2.75, 3.05) is 72.7 Å². The highest BCUT2D eigenvalue weighted by Gasteiger charge is 2.64. The second-order valence-corrected chi connectivity index (χ2v) is 38.1. The lowest BCUT2D eigenvalue weighted by atomic mass is 9.93. The van der Waals surface area contributed by atoms with Gasteiger partial charge in [-0.25, -0.2) is 0 Å². The summed E-state index contributed by atoms with van der Waals surface area (Å²) in [7, 11) is 0.